The molecule has 17 heavy (non-hydrogen) atoms. The van der Waals surface area contributed by atoms with Crippen molar-refractivity contribution < 1.29 is 4.74 Å². The molecule has 0 amide bonds. The van der Waals surface area contributed by atoms with Crippen molar-refractivity contribution in [3.63, 3.8) is 0 Å². The quantitative estimate of drug-likeness (QED) is 0.706. The molecule has 0 aliphatic carbocycles. The van der Waals surface area contributed by atoms with Crippen molar-refractivity contribution in [2.24, 2.45) is 0 Å². The lowest BCUT2D eigenvalue weighted by Gasteiger charge is -2.14. The molecule has 92 valence electrons. The van der Waals surface area contributed by atoms with Crippen LogP contribution in [0.2, 0.25) is 0 Å². The Hall–Kier alpha value is -1.42. The van der Waals surface area contributed by atoms with E-state index >= 15 is 0 Å². The number of benzene rings is 1. The molecule has 0 aliphatic rings. The molecule has 1 atom stereocenters. The van der Waals surface area contributed by atoms with Crippen molar-refractivity contribution in [2.45, 2.75) is 46.0 Å². The van der Waals surface area contributed by atoms with Crippen molar-refractivity contribution in [3.05, 3.63) is 29.3 Å². The van der Waals surface area contributed by atoms with Gasteiger partial charge in [-0.05, 0) is 35.6 Å². The topological polar surface area (TPSA) is 9.23 Å². The van der Waals surface area contributed by atoms with Crippen LogP contribution in [0, 0.1) is 11.8 Å². The average Bonchev–Trinajstić information content (AvgIpc) is 2.38. The van der Waals surface area contributed by atoms with Gasteiger partial charge in [0, 0.05) is 12.8 Å². The zero-order valence-electron chi connectivity index (χ0n) is 11.3. The van der Waals surface area contributed by atoms with Crippen LogP contribution in [-0.4, -0.2) is 7.11 Å². The number of methoxy groups -OCH3 is 1. The Balaban J connectivity index is 2.88. The van der Waals surface area contributed by atoms with E-state index < -0.39 is 0 Å². The third-order valence-corrected chi connectivity index (χ3v) is 2.97. The van der Waals surface area contributed by atoms with E-state index in [4.69, 9.17) is 4.74 Å². The van der Waals surface area contributed by atoms with Gasteiger partial charge in [0.1, 0.15) is 5.75 Å². The number of hydrogen-bond acceptors (Lipinski definition) is 1. The third kappa shape index (κ3) is 3.82. The highest BCUT2D eigenvalue weighted by Crippen LogP contribution is 2.26. The normalized spacial score (nSPS) is 11.5. The highest BCUT2D eigenvalue weighted by molar-refractivity contribution is 5.38. The van der Waals surface area contributed by atoms with Gasteiger partial charge in [-0.1, -0.05) is 26.8 Å². The van der Waals surface area contributed by atoms with Crippen molar-refractivity contribution in [1.29, 1.82) is 0 Å². The Morgan fingerprint density at radius 1 is 1.24 bits per heavy atom. The molecule has 0 spiro atoms. The molecule has 1 aromatic rings. The van der Waals surface area contributed by atoms with Crippen molar-refractivity contribution in [3.8, 4) is 17.6 Å². The largest absolute Gasteiger partial charge is 0.497 e. The first kappa shape index (κ1) is 13.6. The summed E-state index contributed by atoms with van der Waals surface area (Å²) in [6.45, 7) is 6.51. The minimum absolute atomic E-state index is 0.495. The first-order valence-corrected chi connectivity index (χ1v) is 6.35. The summed E-state index contributed by atoms with van der Waals surface area (Å²) in [4.78, 5) is 0. The molecule has 0 saturated heterocycles. The second-order valence-electron chi connectivity index (χ2n) is 4.23. The van der Waals surface area contributed by atoms with E-state index in [0.29, 0.717) is 5.92 Å². The first-order chi connectivity index (χ1) is 8.22. The highest BCUT2D eigenvalue weighted by atomic mass is 16.5. The Morgan fingerprint density at radius 3 is 2.59 bits per heavy atom. The van der Waals surface area contributed by atoms with Gasteiger partial charge in [-0.2, -0.15) is 0 Å². The summed E-state index contributed by atoms with van der Waals surface area (Å²) in [5.41, 5.74) is 2.77. The molecule has 0 bridgehead atoms. The molecule has 1 aromatic carbocycles. The Bertz CT molecular complexity index is 409. The first-order valence-electron chi connectivity index (χ1n) is 6.35. The van der Waals surface area contributed by atoms with Crippen molar-refractivity contribution >= 4 is 0 Å². The minimum atomic E-state index is 0.495. The van der Waals surface area contributed by atoms with E-state index in [9.17, 15) is 0 Å². The van der Waals surface area contributed by atoms with Crippen LogP contribution in [0.5, 0.6) is 5.75 Å². The Morgan fingerprint density at radius 2 is 2.00 bits per heavy atom. The fourth-order valence-corrected chi connectivity index (χ4v) is 1.96. The van der Waals surface area contributed by atoms with Gasteiger partial charge >= 0.3 is 0 Å². The van der Waals surface area contributed by atoms with Crippen molar-refractivity contribution in [2.75, 3.05) is 7.11 Å². The molecule has 0 saturated carbocycles. The standard InChI is InChI=1S/C16H22O/c1-5-7-8-9-13(3)16-11-10-15(17-4)12-14(16)6-2/h10-13H,5-6,9H2,1-4H3. The third-order valence-electron chi connectivity index (χ3n) is 2.97. The molecule has 1 rings (SSSR count). The van der Waals surface area contributed by atoms with Gasteiger partial charge in [-0.25, -0.2) is 0 Å². The molecule has 0 fully saturated rings. The number of aryl methyl sites for hydroxylation is 1. The van der Waals surface area contributed by atoms with E-state index in [0.717, 1.165) is 25.0 Å². The van der Waals surface area contributed by atoms with Gasteiger partial charge < -0.3 is 4.74 Å². The monoisotopic (exact) mass is 230 g/mol. The fraction of sp³-hybridized carbons (Fsp3) is 0.500. The Labute approximate surface area is 105 Å². The second kappa shape index (κ2) is 7.01. The lowest BCUT2D eigenvalue weighted by Crippen LogP contribution is -1.99. The lowest BCUT2D eigenvalue weighted by atomic mass is 9.92. The van der Waals surface area contributed by atoms with E-state index in [1.54, 1.807) is 7.11 Å². The number of hydrogen-bond donors (Lipinski definition) is 0. The zero-order valence-corrected chi connectivity index (χ0v) is 11.3. The second-order valence-corrected chi connectivity index (χ2v) is 4.23. The van der Waals surface area contributed by atoms with E-state index in [-0.39, 0.29) is 0 Å². The van der Waals surface area contributed by atoms with Crippen LogP contribution < -0.4 is 4.74 Å². The maximum absolute atomic E-state index is 5.26. The number of rotatable bonds is 4. The molecule has 1 nitrogen and oxygen atoms in total. The SMILES string of the molecule is CCC#CCC(C)c1ccc(OC)cc1CC. The van der Waals surface area contributed by atoms with E-state index in [2.05, 4.69) is 44.7 Å². The molecular weight excluding hydrogens is 208 g/mol. The van der Waals surface area contributed by atoms with Gasteiger partial charge in [0.15, 0.2) is 0 Å². The van der Waals surface area contributed by atoms with Gasteiger partial charge in [-0.3, -0.25) is 0 Å². The minimum Gasteiger partial charge on any atom is -0.497 e. The zero-order chi connectivity index (χ0) is 12.7. The van der Waals surface area contributed by atoms with E-state index in [1.165, 1.54) is 11.1 Å². The highest BCUT2D eigenvalue weighted by Gasteiger charge is 2.09. The smallest absolute Gasteiger partial charge is 0.119 e. The van der Waals surface area contributed by atoms with Crippen LogP contribution in [0.25, 0.3) is 0 Å². The molecule has 0 aliphatic heterocycles. The molecule has 0 radical (unpaired) electrons. The summed E-state index contributed by atoms with van der Waals surface area (Å²) in [5, 5.41) is 0. The van der Waals surface area contributed by atoms with Crippen LogP contribution in [0.4, 0.5) is 0 Å². The lowest BCUT2D eigenvalue weighted by molar-refractivity contribution is 0.414. The molecule has 1 unspecified atom stereocenters. The van der Waals surface area contributed by atoms with Gasteiger partial charge in [0.25, 0.3) is 0 Å². The van der Waals surface area contributed by atoms with Crippen LogP contribution in [0.15, 0.2) is 18.2 Å². The van der Waals surface area contributed by atoms with Crippen LogP contribution in [0.3, 0.4) is 0 Å². The van der Waals surface area contributed by atoms with E-state index in [1.807, 2.05) is 6.07 Å². The van der Waals surface area contributed by atoms with Crippen LogP contribution in [-0.2, 0) is 6.42 Å². The molecule has 0 aromatic heterocycles. The van der Waals surface area contributed by atoms with Crippen molar-refractivity contribution in [1.82, 2.24) is 0 Å². The molecule has 1 heteroatoms. The van der Waals surface area contributed by atoms with Crippen LogP contribution >= 0.6 is 0 Å². The predicted molar refractivity (Wildman–Crippen MR) is 73.5 cm³/mol. The summed E-state index contributed by atoms with van der Waals surface area (Å²) < 4.78 is 5.26. The van der Waals surface area contributed by atoms with Crippen LogP contribution in [0.1, 0.15) is 50.7 Å². The fourth-order valence-electron chi connectivity index (χ4n) is 1.96. The maximum atomic E-state index is 5.26. The Kier molecular flexibility index (Phi) is 5.63. The van der Waals surface area contributed by atoms with Gasteiger partial charge in [0.2, 0.25) is 0 Å². The number of ether oxygens (including phenoxy) is 1. The summed E-state index contributed by atoms with van der Waals surface area (Å²) in [5.74, 6) is 7.80. The van der Waals surface area contributed by atoms with Gasteiger partial charge in [-0.15, -0.1) is 11.8 Å². The summed E-state index contributed by atoms with van der Waals surface area (Å²) in [6.07, 6.45) is 2.92. The maximum Gasteiger partial charge on any atom is 0.119 e. The molecular formula is C16H22O. The summed E-state index contributed by atoms with van der Waals surface area (Å²) in [7, 11) is 1.71. The summed E-state index contributed by atoms with van der Waals surface area (Å²) >= 11 is 0. The predicted octanol–water partition coefficient (Wildman–Crippen LogP) is 4.16. The molecule has 0 N–H and O–H groups in total. The summed E-state index contributed by atoms with van der Waals surface area (Å²) in [6, 6.07) is 6.35. The average molecular weight is 230 g/mol. The van der Waals surface area contributed by atoms with Gasteiger partial charge in [0.05, 0.1) is 7.11 Å². The molecule has 0 heterocycles.